The van der Waals surface area contributed by atoms with E-state index < -0.39 is 0 Å². The van der Waals surface area contributed by atoms with E-state index in [1.54, 1.807) is 16.4 Å². The second-order valence-corrected chi connectivity index (χ2v) is 4.33. The van der Waals surface area contributed by atoms with Crippen LogP contribution in [0.1, 0.15) is 5.56 Å². The van der Waals surface area contributed by atoms with Gasteiger partial charge in [-0.3, -0.25) is 0 Å². The van der Waals surface area contributed by atoms with Crippen molar-refractivity contribution in [1.82, 2.24) is 25.5 Å². The average Bonchev–Trinajstić information content (AvgIpc) is 2.68. The number of aryl methyl sites for hydroxylation is 1. The van der Waals surface area contributed by atoms with Crippen LogP contribution in [0.25, 0.3) is 0 Å². The van der Waals surface area contributed by atoms with E-state index >= 15 is 0 Å². The van der Waals surface area contributed by atoms with Gasteiger partial charge in [-0.05, 0) is 40.9 Å². The molecule has 0 bridgehead atoms. The average molecular weight is 235 g/mol. The van der Waals surface area contributed by atoms with Crippen LogP contribution in [0.2, 0.25) is 0 Å². The van der Waals surface area contributed by atoms with E-state index in [9.17, 15) is 0 Å². The molecule has 2 aromatic rings. The smallest absolute Gasteiger partial charge is 0.213 e. The number of hydrogen-bond donors (Lipinski definition) is 1. The highest BCUT2D eigenvalue weighted by Crippen LogP contribution is 2.27. The lowest BCUT2D eigenvalue weighted by molar-refractivity contribution is 0.664. The van der Waals surface area contributed by atoms with Crippen molar-refractivity contribution in [2.45, 2.75) is 16.6 Å². The molecule has 0 radical (unpaired) electrons. The summed E-state index contributed by atoms with van der Waals surface area (Å²) in [5.41, 5.74) is 1.25. The van der Waals surface area contributed by atoms with Gasteiger partial charge in [-0.25, -0.2) is 4.68 Å². The Morgan fingerprint density at radius 3 is 2.88 bits per heavy atom. The predicted octanol–water partition coefficient (Wildman–Crippen LogP) is 1.08. The molecule has 1 aromatic heterocycles. The van der Waals surface area contributed by atoms with Gasteiger partial charge in [0.2, 0.25) is 5.16 Å². The van der Waals surface area contributed by atoms with E-state index in [0.717, 1.165) is 11.7 Å². The Morgan fingerprint density at radius 1 is 1.38 bits per heavy atom. The fourth-order valence-electron chi connectivity index (χ4n) is 1.35. The molecule has 0 aliphatic carbocycles. The van der Waals surface area contributed by atoms with Crippen molar-refractivity contribution in [2.24, 2.45) is 7.05 Å². The number of rotatable bonds is 4. The van der Waals surface area contributed by atoms with Crippen molar-refractivity contribution >= 4 is 11.8 Å². The Morgan fingerprint density at radius 2 is 2.19 bits per heavy atom. The molecule has 0 atom stereocenters. The Hall–Kier alpha value is -1.40. The van der Waals surface area contributed by atoms with Crippen molar-refractivity contribution in [2.75, 3.05) is 7.05 Å². The molecule has 0 saturated heterocycles. The fourth-order valence-corrected chi connectivity index (χ4v) is 2.21. The summed E-state index contributed by atoms with van der Waals surface area (Å²) in [6.07, 6.45) is 0. The summed E-state index contributed by atoms with van der Waals surface area (Å²) in [5, 5.41) is 15.3. The maximum atomic E-state index is 3.96. The summed E-state index contributed by atoms with van der Waals surface area (Å²) in [7, 11) is 3.77. The molecular weight excluding hydrogens is 222 g/mol. The van der Waals surface area contributed by atoms with Crippen LogP contribution < -0.4 is 5.32 Å². The Labute approximate surface area is 98.2 Å². The van der Waals surface area contributed by atoms with E-state index in [-0.39, 0.29) is 0 Å². The summed E-state index contributed by atoms with van der Waals surface area (Å²) in [4.78, 5) is 1.18. The molecule has 0 aliphatic rings. The van der Waals surface area contributed by atoms with Crippen LogP contribution in [0, 0.1) is 0 Å². The van der Waals surface area contributed by atoms with Crippen LogP contribution in [-0.4, -0.2) is 27.3 Å². The van der Waals surface area contributed by atoms with Crippen molar-refractivity contribution in [3.63, 3.8) is 0 Å². The third-order valence-corrected chi connectivity index (χ3v) is 3.27. The summed E-state index contributed by atoms with van der Waals surface area (Å²) in [6.45, 7) is 0.842. The van der Waals surface area contributed by atoms with Gasteiger partial charge < -0.3 is 5.32 Å². The molecule has 2 rings (SSSR count). The van der Waals surface area contributed by atoms with Gasteiger partial charge >= 0.3 is 0 Å². The highest BCUT2D eigenvalue weighted by atomic mass is 32.2. The normalized spacial score (nSPS) is 10.6. The number of tetrazole rings is 1. The molecule has 5 nitrogen and oxygen atoms in total. The van der Waals surface area contributed by atoms with Crippen LogP contribution in [-0.2, 0) is 13.6 Å². The van der Waals surface area contributed by atoms with Gasteiger partial charge in [0.15, 0.2) is 0 Å². The predicted molar refractivity (Wildman–Crippen MR) is 62.1 cm³/mol. The molecule has 0 aliphatic heterocycles. The maximum Gasteiger partial charge on any atom is 0.213 e. The Kier molecular flexibility index (Phi) is 3.53. The Bertz CT molecular complexity index is 468. The van der Waals surface area contributed by atoms with Gasteiger partial charge in [0.1, 0.15) is 0 Å². The summed E-state index contributed by atoms with van der Waals surface area (Å²) < 4.78 is 1.67. The molecular formula is C10H13N5S. The minimum absolute atomic E-state index is 0.795. The largest absolute Gasteiger partial charge is 0.316 e. The number of hydrogen-bond acceptors (Lipinski definition) is 5. The minimum Gasteiger partial charge on any atom is -0.316 e. The van der Waals surface area contributed by atoms with E-state index in [2.05, 4.69) is 33.0 Å². The lowest BCUT2D eigenvalue weighted by atomic mass is 10.2. The third kappa shape index (κ3) is 2.40. The second-order valence-electron chi connectivity index (χ2n) is 3.33. The minimum atomic E-state index is 0.795. The van der Waals surface area contributed by atoms with Crippen LogP contribution >= 0.6 is 11.8 Å². The van der Waals surface area contributed by atoms with E-state index in [1.165, 1.54) is 10.5 Å². The number of nitrogens with zero attached hydrogens (tertiary/aromatic N) is 4. The summed E-state index contributed by atoms with van der Waals surface area (Å²) in [5.74, 6) is 0. The standard InChI is InChI=1S/C10H13N5S/c1-11-7-8-5-3-4-6-9(8)16-10-12-13-14-15(10)2/h3-6,11H,7H2,1-2H3. The SMILES string of the molecule is CNCc1ccccc1Sc1nnnn1C. The summed E-state index contributed by atoms with van der Waals surface area (Å²) >= 11 is 1.57. The molecule has 16 heavy (non-hydrogen) atoms. The number of nitrogens with one attached hydrogen (secondary N) is 1. The van der Waals surface area contributed by atoms with E-state index in [0.29, 0.717) is 0 Å². The first-order valence-corrected chi connectivity index (χ1v) is 5.75. The molecule has 1 N–H and O–H groups in total. The Balaban J connectivity index is 2.24. The van der Waals surface area contributed by atoms with Gasteiger partial charge in [-0.2, -0.15) is 0 Å². The molecule has 6 heteroatoms. The topological polar surface area (TPSA) is 55.6 Å². The molecule has 0 spiro atoms. The molecule has 1 aromatic carbocycles. The quantitative estimate of drug-likeness (QED) is 0.859. The molecule has 0 unspecified atom stereocenters. The molecule has 0 fully saturated rings. The number of benzene rings is 1. The van der Waals surface area contributed by atoms with E-state index in [1.807, 2.05) is 26.2 Å². The first kappa shape index (κ1) is 11.1. The zero-order valence-corrected chi connectivity index (χ0v) is 10.0. The van der Waals surface area contributed by atoms with Gasteiger partial charge in [0, 0.05) is 18.5 Å². The van der Waals surface area contributed by atoms with Crippen molar-refractivity contribution in [3.05, 3.63) is 29.8 Å². The van der Waals surface area contributed by atoms with Crippen LogP contribution in [0.4, 0.5) is 0 Å². The zero-order valence-electron chi connectivity index (χ0n) is 9.21. The fraction of sp³-hybridized carbons (Fsp3) is 0.300. The van der Waals surface area contributed by atoms with Crippen LogP contribution in [0.15, 0.2) is 34.3 Å². The lowest BCUT2D eigenvalue weighted by Gasteiger charge is -2.06. The van der Waals surface area contributed by atoms with Gasteiger partial charge in [0.25, 0.3) is 0 Å². The van der Waals surface area contributed by atoms with Gasteiger partial charge in [-0.15, -0.1) is 5.10 Å². The monoisotopic (exact) mass is 235 g/mol. The lowest BCUT2D eigenvalue weighted by Crippen LogP contribution is -2.06. The third-order valence-electron chi connectivity index (χ3n) is 2.12. The molecule has 0 saturated carbocycles. The highest BCUT2D eigenvalue weighted by molar-refractivity contribution is 7.99. The molecule has 84 valence electrons. The van der Waals surface area contributed by atoms with Gasteiger partial charge in [-0.1, -0.05) is 18.2 Å². The molecule has 1 heterocycles. The molecule has 0 amide bonds. The van der Waals surface area contributed by atoms with Crippen molar-refractivity contribution in [1.29, 1.82) is 0 Å². The summed E-state index contributed by atoms with van der Waals surface area (Å²) in [6, 6.07) is 8.23. The zero-order chi connectivity index (χ0) is 11.4. The van der Waals surface area contributed by atoms with Gasteiger partial charge in [0.05, 0.1) is 0 Å². The second kappa shape index (κ2) is 5.09. The van der Waals surface area contributed by atoms with Crippen LogP contribution in [0.3, 0.4) is 0 Å². The van der Waals surface area contributed by atoms with Crippen molar-refractivity contribution < 1.29 is 0 Å². The first-order valence-electron chi connectivity index (χ1n) is 4.94. The number of aromatic nitrogens is 4. The first-order chi connectivity index (χ1) is 7.81. The highest BCUT2D eigenvalue weighted by Gasteiger charge is 2.07. The van der Waals surface area contributed by atoms with Crippen LogP contribution in [0.5, 0.6) is 0 Å². The van der Waals surface area contributed by atoms with Crippen molar-refractivity contribution in [3.8, 4) is 0 Å². The van der Waals surface area contributed by atoms with E-state index in [4.69, 9.17) is 0 Å². The maximum absolute atomic E-state index is 3.96.